The molecule has 0 radical (unpaired) electrons. The van der Waals surface area contributed by atoms with Crippen LogP contribution in [0.1, 0.15) is 21.7 Å². The lowest BCUT2D eigenvalue weighted by Crippen LogP contribution is -1.95. The predicted octanol–water partition coefficient (Wildman–Crippen LogP) is 2.85. The van der Waals surface area contributed by atoms with Crippen molar-refractivity contribution in [3.8, 4) is 0 Å². The van der Waals surface area contributed by atoms with E-state index in [1.807, 2.05) is 18.2 Å². The third-order valence-corrected chi connectivity index (χ3v) is 3.08. The number of benzene rings is 2. The van der Waals surface area contributed by atoms with Crippen LogP contribution < -0.4 is 0 Å². The van der Waals surface area contributed by atoms with Gasteiger partial charge in [0.15, 0.2) is 0 Å². The van der Waals surface area contributed by atoms with Gasteiger partial charge in [0.2, 0.25) is 0 Å². The van der Waals surface area contributed by atoms with Gasteiger partial charge in [-0.25, -0.2) is 9.78 Å². The Balaban J connectivity index is 1.97. The Bertz CT molecular complexity index is 733. The van der Waals surface area contributed by atoms with Gasteiger partial charge in [-0.15, -0.1) is 0 Å². The highest BCUT2D eigenvalue weighted by Crippen LogP contribution is 2.19. The Morgan fingerprint density at radius 2 is 1.95 bits per heavy atom. The minimum atomic E-state index is -0.901. The molecule has 0 amide bonds. The van der Waals surface area contributed by atoms with E-state index in [4.69, 9.17) is 5.11 Å². The average Bonchev–Trinajstić information content (AvgIpc) is 2.91. The zero-order valence-corrected chi connectivity index (χ0v) is 10.1. The van der Waals surface area contributed by atoms with Gasteiger partial charge in [-0.3, -0.25) is 0 Å². The number of aromatic carboxylic acids is 1. The lowest BCUT2D eigenvalue weighted by molar-refractivity contribution is 0.0697. The Morgan fingerprint density at radius 3 is 2.68 bits per heavy atom. The molecule has 3 rings (SSSR count). The molecule has 4 nitrogen and oxygen atoms in total. The number of rotatable bonds is 3. The van der Waals surface area contributed by atoms with Crippen molar-refractivity contribution in [3.63, 3.8) is 0 Å². The molecule has 0 saturated heterocycles. The molecule has 2 aromatic carbocycles. The molecule has 0 spiro atoms. The largest absolute Gasteiger partial charge is 0.478 e. The second-order valence-corrected chi connectivity index (χ2v) is 4.41. The Hall–Kier alpha value is -2.62. The van der Waals surface area contributed by atoms with Gasteiger partial charge in [0.25, 0.3) is 0 Å². The summed E-state index contributed by atoms with van der Waals surface area (Å²) in [6.45, 7) is 0. The van der Waals surface area contributed by atoms with Crippen molar-refractivity contribution in [2.24, 2.45) is 0 Å². The predicted molar refractivity (Wildman–Crippen MR) is 72.3 cm³/mol. The van der Waals surface area contributed by atoms with Crippen molar-refractivity contribution in [1.29, 1.82) is 0 Å². The van der Waals surface area contributed by atoms with E-state index in [1.54, 1.807) is 24.5 Å². The number of nitrogens with one attached hydrogen (secondary N) is 1. The van der Waals surface area contributed by atoms with Crippen LogP contribution in [0.5, 0.6) is 0 Å². The molecule has 2 N–H and O–H groups in total. The molecule has 0 bridgehead atoms. The van der Waals surface area contributed by atoms with E-state index < -0.39 is 5.97 Å². The highest BCUT2D eigenvalue weighted by atomic mass is 16.4. The number of carbonyl (C=O) groups is 1. The zero-order valence-electron chi connectivity index (χ0n) is 10.1. The maximum atomic E-state index is 10.9. The van der Waals surface area contributed by atoms with E-state index in [0.717, 1.165) is 28.6 Å². The summed E-state index contributed by atoms with van der Waals surface area (Å²) in [4.78, 5) is 18.2. The van der Waals surface area contributed by atoms with Gasteiger partial charge in [0.05, 0.1) is 5.56 Å². The summed E-state index contributed by atoms with van der Waals surface area (Å²) in [7, 11) is 0. The third kappa shape index (κ3) is 2.33. The second kappa shape index (κ2) is 4.57. The fraction of sp³-hybridized carbons (Fsp3) is 0.0667. The van der Waals surface area contributed by atoms with Crippen LogP contribution in [0.15, 0.2) is 48.8 Å². The van der Waals surface area contributed by atoms with Crippen LogP contribution in [0.2, 0.25) is 0 Å². The quantitative estimate of drug-likeness (QED) is 0.753. The number of carboxylic acid groups (broad SMARTS) is 1. The molecule has 0 aliphatic heterocycles. The van der Waals surface area contributed by atoms with Crippen LogP contribution in [0.4, 0.5) is 0 Å². The summed E-state index contributed by atoms with van der Waals surface area (Å²) >= 11 is 0. The number of fused-ring (bicyclic) bond motifs is 1. The van der Waals surface area contributed by atoms with Crippen LogP contribution in [-0.2, 0) is 6.42 Å². The molecule has 1 aromatic heterocycles. The maximum absolute atomic E-state index is 10.9. The lowest BCUT2D eigenvalue weighted by atomic mass is 10.0. The van der Waals surface area contributed by atoms with Crippen LogP contribution >= 0.6 is 0 Å². The molecule has 19 heavy (non-hydrogen) atoms. The normalized spacial score (nSPS) is 10.7. The van der Waals surface area contributed by atoms with Crippen LogP contribution in [0, 0.1) is 0 Å². The van der Waals surface area contributed by atoms with Gasteiger partial charge in [0.1, 0.15) is 5.82 Å². The first kappa shape index (κ1) is 11.5. The van der Waals surface area contributed by atoms with Gasteiger partial charge in [-0.05, 0) is 28.5 Å². The van der Waals surface area contributed by atoms with Gasteiger partial charge in [-0.1, -0.05) is 24.3 Å². The summed E-state index contributed by atoms with van der Waals surface area (Å²) in [6.07, 6.45) is 4.27. The molecule has 0 aliphatic rings. The van der Waals surface area contributed by atoms with Crippen molar-refractivity contribution < 1.29 is 9.90 Å². The molecule has 3 aromatic rings. The summed E-state index contributed by atoms with van der Waals surface area (Å²) in [6, 6.07) is 11.2. The molecule has 0 atom stereocenters. The van der Waals surface area contributed by atoms with Gasteiger partial charge >= 0.3 is 5.97 Å². The highest BCUT2D eigenvalue weighted by Gasteiger charge is 2.05. The second-order valence-electron chi connectivity index (χ2n) is 4.41. The molecule has 0 fully saturated rings. The van der Waals surface area contributed by atoms with Crippen molar-refractivity contribution in [1.82, 2.24) is 9.97 Å². The van der Waals surface area contributed by atoms with Gasteiger partial charge < -0.3 is 10.1 Å². The fourth-order valence-corrected chi connectivity index (χ4v) is 2.13. The summed E-state index contributed by atoms with van der Waals surface area (Å²) < 4.78 is 0. The first-order valence-electron chi connectivity index (χ1n) is 5.96. The fourth-order valence-electron chi connectivity index (χ4n) is 2.13. The average molecular weight is 252 g/mol. The number of H-pyrrole nitrogens is 1. The topological polar surface area (TPSA) is 66.0 Å². The summed E-state index contributed by atoms with van der Waals surface area (Å²) in [5.74, 6) is 0.0167. The zero-order chi connectivity index (χ0) is 13.2. The van der Waals surface area contributed by atoms with Gasteiger partial charge in [-0.2, -0.15) is 0 Å². The van der Waals surface area contributed by atoms with E-state index in [9.17, 15) is 4.79 Å². The smallest absolute Gasteiger partial charge is 0.335 e. The lowest BCUT2D eigenvalue weighted by Gasteiger charge is -2.03. The molecule has 1 heterocycles. The Morgan fingerprint density at radius 1 is 1.16 bits per heavy atom. The van der Waals surface area contributed by atoms with Crippen molar-refractivity contribution in [2.75, 3.05) is 0 Å². The summed E-state index contributed by atoms with van der Waals surface area (Å²) in [5, 5.41) is 10.9. The van der Waals surface area contributed by atoms with Crippen molar-refractivity contribution in [2.45, 2.75) is 6.42 Å². The molecule has 4 heteroatoms. The number of carboxylic acids is 1. The molecule has 0 saturated carbocycles. The van der Waals surface area contributed by atoms with Crippen molar-refractivity contribution >= 4 is 16.7 Å². The first-order chi connectivity index (χ1) is 9.22. The molecule has 0 unspecified atom stereocenters. The Kier molecular flexibility index (Phi) is 2.76. The molecular formula is C15H12N2O2. The van der Waals surface area contributed by atoms with E-state index in [0.29, 0.717) is 5.56 Å². The van der Waals surface area contributed by atoms with Crippen LogP contribution in [0.3, 0.4) is 0 Å². The number of imidazole rings is 1. The number of aromatic amines is 1. The minimum Gasteiger partial charge on any atom is -0.478 e. The minimum absolute atomic E-state index is 0.311. The number of aromatic nitrogens is 2. The standard InChI is InChI=1S/C15H12N2O2/c18-15(19)13-4-3-11-7-10(1-2-12(11)9-13)8-14-16-5-6-17-14/h1-7,9H,8H2,(H,16,17)(H,18,19). The van der Waals surface area contributed by atoms with Crippen LogP contribution in [-0.4, -0.2) is 21.0 Å². The SMILES string of the molecule is O=C(O)c1ccc2cc(Cc3ncc[nH]3)ccc2c1. The first-order valence-corrected chi connectivity index (χ1v) is 5.96. The molecule has 0 aliphatic carbocycles. The van der Waals surface area contributed by atoms with E-state index in [2.05, 4.69) is 16.0 Å². The third-order valence-electron chi connectivity index (χ3n) is 3.08. The van der Waals surface area contributed by atoms with E-state index >= 15 is 0 Å². The number of nitrogens with zero attached hydrogens (tertiary/aromatic N) is 1. The molecule has 94 valence electrons. The van der Waals surface area contributed by atoms with Crippen molar-refractivity contribution in [3.05, 3.63) is 65.7 Å². The highest BCUT2D eigenvalue weighted by molar-refractivity contribution is 5.94. The Labute approximate surface area is 109 Å². The molecular weight excluding hydrogens is 240 g/mol. The maximum Gasteiger partial charge on any atom is 0.335 e. The number of hydrogen-bond acceptors (Lipinski definition) is 2. The number of hydrogen-bond donors (Lipinski definition) is 2. The van der Waals surface area contributed by atoms with E-state index in [1.165, 1.54) is 0 Å². The van der Waals surface area contributed by atoms with Gasteiger partial charge in [0, 0.05) is 18.8 Å². The van der Waals surface area contributed by atoms with E-state index in [-0.39, 0.29) is 0 Å². The monoisotopic (exact) mass is 252 g/mol. The van der Waals surface area contributed by atoms with Crippen LogP contribution in [0.25, 0.3) is 10.8 Å². The summed E-state index contributed by atoms with van der Waals surface area (Å²) in [5.41, 5.74) is 1.46.